The minimum atomic E-state index is -0.353. The SMILES string of the molecule is CC1=CC(C)C(C2OCC(C=O)O2)CC1. The van der Waals surface area contributed by atoms with Gasteiger partial charge in [-0.2, -0.15) is 0 Å². The van der Waals surface area contributed by atoms with Gasteiger partial charge in [0.1, 0.15) is 6.10 Å². The highest BCUT2D eigenvalue weighted by molar-refractivity contribution is 5.56. The van der Waals surface area contributed by atoms with Gasteiger partial charge in [0.05, 0.1) is 6.61 Å². The molecule has 1 saturated heterocycles. The molecular weight excluding hydrogens is 192 g/mol. The Labute approximate surface area is 90.4 Å². The first-order valence-corrected chi connectivity index (χ1v) is 5.60. The summed E-state index contributed by atoms with van der Waals surface area (Å²) in [5, 5.41) is 0. The van der Waals surface area contributed by atoms with E-state index in [1.165, 1.54) is 5.57 Å². The van der Waals surface area contributed by atoms with Crippen LogP contribution in [0.2, 0.25) is 0 Å². The Balaban J connectivity index is 1.97. The van der Waals surface area contributed by atoms with Gasteiger partial charge >= 0.3 is 0 Å². The molecule has 1 aliphatic carbocycles. The van der Waals surface area contributed by atoms with Crippen molar-refractivity contribution in [2.45, 2.75) is 39.1 Å². The standard InChI is InChI=1S/C12H18O3/c1-8-3-4-11(9(2)5-8)12-14-7-10(6-13)15-12/h5-6,9-12H,3-4,7H2,1-2H3. The summed E-state index contributed by atoms with van der Waals surface area (Å²) >= 11 is 0. The van der Waals surface area contributed by atoms with Crippen LogP contribution in [-0.4, -0.2) is 25.3 Å². The van der Waals surface area contributed by atoms with Gasteiger partial charge in [0.25, 0.3) is 0 Å². The fraction of sp³-hybridized carbons (Fsp3) is 0.750. The maximum Gasteiger partial charge on any atom is 0.162 e. The molecule has 84 valence electrons. The molecule has 0 N–H and O–H groups in total. The predicted molar refractivity (Wildman–Crippen MR) is 56.3 cm³/mol. The quantitative estimate of drug-likeness (QED) is 0.516. The zero-order chi connectivity index (χ0) is 10.8. The minimum Gasteiger partial charge on any atom is -0.349 e. The van der Waals surface area contributed by atoms with Crippen molar-refractivity contribution >= 4 is 6.29 Å². The first kappa shape index (κ1) is 10.8. The normalized spacial score (nSPS) is 41.3. The average molecular weight is 210 g/mol. The van der Waals surface area contributed by atoms with E-state index in [4.69, 9.17) is 9.47 Å². The van der Waals surface area contributed by atoms with Crippen molar-refractivity contribution in [2.24, 2.45) is 11.8 Å². The van der Waals surface area contributed by atoms with Crippen molar-refractivity contribution in [1.29, 1.82) is 0 Å². The number of rotatable bonds is 2. The molecular formula is C12H18O3. The van der Waals surface area contributed by atoms with Crippen molar-refractivity contribution < 1.29 is 14.3 Å². The van der Waals surface area contributed by atoms with Crippen LogP contribution >= 0.6 is 0 Å². The van der Waals surface area contributed by atoms with E-state index in [9.17, 15) is 4.79 Å². The van der Waals surface area contributed by atoms with E-state index in [0.29, 0.717) is 18.4 Å². The molecule has 0 radical (unpaired) electrons. The maximum atomic E-state index is 10.6. The molecule has 0 amide bonds. The second kappa shape index (κ2) is 4.45. The fourth-order valence-corrected chi connectivity index (χ4v) is 2.43. The summed E-state index contributed by atoms with van der Waals surface area (Å²) in [5.41, 5.74) is 1.45. The Morgan fingerprint density at radius 1 is 1.53 bits per heavy atom. The molecule has 0 aromatic heterocycles. The van der Waals surface area contributed by atoms with Crippen molar-refractivity contribution in [3.8, 4) is 0 Å². The van der Waals surface area contributed by atoms with E-state index >= 15 is 0 Å². The molecule has 0 spiro atoms. The topological polar surface area (TPSA) is 35.5 Å². The molecule has 4 unspecified atom stereocenters. The van der Waals surface area contributed by atoms with Crippen LogP contribution in [0.5, 0.6) is 0 Å². The third kappa shape index (κ3) is 2.29. The van der Waals surface area contributed by atoms with Gasteiger partial charge in [-0.05, 0) is 25.7 Å². The van der Waals surface area contributed by atoms with Gasteiger partial charge in [-0.25, -0.2) is 0 Å². The zero-order valence-corrected chi connectivity index (χ0v) is 9.31. The van der Waals surface area contributed by atoms with Crippen LogP contribution in [0, 0.1) is 11.8 Å². The largest absolute Gasteiger partial charge is 0.349 e. The highest BCUT2D eigenvalue weighted by Crippen LogP contribution is 2.34. The molecule has 0 saturated carbocycles. The Morgan fingerprint density at radius 2 is 2.33 bits per heavy atom. The summed E-state index contributed by atoms with van der Waals surface area (Å²) in [6, 6.07) is 0. The number of ether oxygens (including phenoxy) is 2. The summed E-state index contributed by atoms with van der Waals surface area (Å²) in [7, 11) is 0. The van der Waals surface area contributed by atoms with Gasteiger partial charge in [0.2, 0.25) is 0 Å². The van der Waals surface area contributed by atoms with Crippen LogP contribution < -0.4 is 0 Å². The molecule has 1 fully saturated rings. The molecule has 4 atom stereocenters. The molecule has 15 heavy (non-hydrogen) atoms. The number of carbonyl (C=O) groups excluding carboxylic acids is 1. The predicted octanol–water partition coefficient (Wildman–Crippen LogP) is 1.92. The monoisotopic (exact) mass is 210 g/mol. The summed E-state index contributed by atoms with van der Waals surface area (Å²) in [5.74, 6) is 0.882. The molecule has 0 bridgehead atoms. The molecule has 3 heteroatoms. The van der Waals surface area contributed by atoms with Gasteiger partial charge < -0.3 is 14.3 Å². The first-order valence-electron chi connectivity index (χ1n) is 5.60. The number of carbonyl (C=O) groups is 1. The van der Waals surface area contributed by atoms with Crippen molar-refractivity contribution in [3.63, 3.8) is 0 Å². The van der Waals surface area contributed by atoms with E-state index in [0.717, 1.165) is 19.1 Å². The number of aldehydes is 1. The lowest BCUT2D eigenvalue weighted by Gasteiger charge is -2.30. The second-order valence-electron chi connectivity index (χ2n) is 4.59. The van der Waals surface area contributed by atoms with Crippen molar-refractivity contribution in [2.75, 3.05) is 6.61 Å². The molecule has 0 aromatic carbocycles. The summed E-state index contributed by atoms with van der Waals surface area (Å²) in [4.78, 5) is 10.6. The van der Waals surface area contributed by atoms with Crippen LogP contribution in [0.25, 0.3) is 0 Å². The molecule has 3 nitrogen and oxygen atoms in total. The third-order valence-corrected chi connectivity index (χ3v) is 3.33. The molecule has 1 aliphatic heterocycles. The highest BCUT2D eigenvalue weighted by atomic mass is 16.7. The average Bonchev–Trinajstić information content (AvgIpc) is 2.66. The zero-order valence-electron chi connectivity index (χ0n) is 9.31. The van der Waals surface area contributed by atoms with Crippen molar-refractivity contribution in [3.05, 3.63) is 11.6 Å². The van der Waals surface area contributed by atoms with Crippen molar-refractivity contribution in [1.82, 2.24) is 0 Å². The molecule has 2 aliphatic rings. The van der Waals surface area contributed by atoms with Gasteiger partial charge in [-0.1, -0.05) is 18.6 Å². The Hall–Kier alpha value is -0.670. The van der Waals surface area contributed by atoms with Crippen LogP contribution in [0.1, 0.15) is 26.7 Å². The van der Waals surface area contributed by atoms with Crippen LogP contribution in [0.3, 0.4) is 0 Å². The maximum absolute atomic E-state index is 10.6. The lowest BCUT2D eigenvalue weighted by atomic mass is 9.82. The first-order chi connectivity index (χ1) is 7.20. The Morgan fingerprint density at radius 3 is 2.93 bits per heavy atom. The summed E-state index contributed by atoms with van der Waals surface area (Å²) in [6.45, 7) is 4.77. The van der Waals surface area contributed by atoms with E-state index in [2.05, 4.69) is 19.9 Å². The Bertz CT molecular complexity index is 272. The van der Waals surface area contributed by atoms with E-state index < -0.39 is 0 Å². The highest BCUT2D eigenvalue weighted by Gasteiger charge is 2.35. The van der Waals surface area contributed by atoms with Gasteiger partial charge in [0.15, 0.2) is 12.6 Å². The summed E-state index contributed by atoms with van der Waals surface area (Å²) in [6.07, 6.45) is 4.79. The number of hydrogen-bond acceptors (Lipinski definition) is 3. The fourth-order valence-electron chi connectivity index (χ4n) is 2.43. The number of allylic oxidation sites excluding steroid dienone is 2. The molecule has 1 heterocycles. The second-order valence-corrected chi connectivity index (χ2v) is 4.59. The van der Waals surface area contributed by atoms with E-state index in [-0.39, 0.29) is 12.4 Å². The van der Waals surface area contributed by atoms with Crippen LogP contribution in [0.4, 0.5) is 0 Å². The molecule has 0 aromatic rings. The van der Waals surface area contributed by atoms with Gasteiger partial charge in [-0.3, -0.25) is 0 Å². The molecule has 2 rings (SSSR count). The van der Waals surface area contributed by atoms with Crippen LogP contribution in [0.15, 0.2) is 11.6 Å². The van der Waals surface area contributed by atoms with Gasteiger partial charge in [0, 0.05) is 5.92 Å². The van der Waals surface area contributed by atoms with E-state index in [1.807, 2.05) is 0 Å². The third-order valence-electron chi connectivity index (χ3n) is 3.33. The number of hydrogen-bond donors (Lipinski definition) is 0. The smallest absolute Gasteiger partial charge is 0.162 e. The summed E-state index contributed by atoms with van der Waals surface area (Å²) < 4.78 is 11.1. The lowest BCUT2D eigenvalue weighted by molar-refractivity contribution is -0.128. The van der Waals surface area contributed by atoms with Gasteiger partial charge in [-0.15, -0.1) is 0 Å². The minimum absolute atomic E-state index is 0.181. The Kier molecular flexibility index (Phi) is 3.22. The lowest BCUT2D eigenvalue weighted by Crippen LogP contribution is -2.29. The van der Waals surface area contributed by atoms with E-state index in [1.54, 1.807) is 0 Å². The van der Waals surface area contributed by atoms with Crippen LogP contribution in [-0.2, 0) is 14.3 Å².